The number of methoxy groups -OCH3 is 2. The fourth-order valence-corrected chi connectivity index (χ4v) is 1.88. The molecule has 0 unspecified atom stereocenters. The number of hydrogen-bond donors (Lipinski definition) is 1. The van der Waals surface area contributed by atoms with Crippen molar-refractivity contribution in [1.29, 1.82) is 0 Å². The Morgan fingerprint density at radius 3 is 2.06 bits per heavy atom. The average molecular weight is 308 g/mol. The molecule has 0 saturated heterocycles. The first-order chi connectivity index (χ1) is 8.72. The summed E-state index contributed by atoms with van der Waals surface area (Å²) in [6, 6.07) is 13.7. The van der Waals surface area contributed by atoms with Crippen molar-refractivity contribution in [2.45, 2.75) is 0 Å². The van der Waals surface area contributed by atoms with Crippen LogP contribution in [0.3, 0.4) is 0 Å². The van der Waals surface area contributed by atoms with E-state index < -0.39 is 0 Å². The van der Waals surface area contributed by atoms with Crippen molar-refractivity contribution >= 4 is 27.3 Å². The summed E-state index contributed by atoms with van der Waals surface area (Å²) < 4.78 is 11.5. The molecule has 0 aliphatic heterocycles. The standard InChI is InChI=1S/C14H14BrNO2/c1-17-13-8-7-12(9-14(13)18-2)16-11-5-3-10(15)4-6-11/h3-9,16H,1-2H3. The summed E-state index contributed by atoms with van der Waals surface area (Å²) in [5.41, 5.74) is 1.97. The van der Waals surface area contributed by atoms with Crippen LogP contribution in [0.4, 0.5) is 11.4 Å². The lowest BCUT2D eigenvalue weighted by molar-refractivity contribution is 0.355. The summed E-state index contributed by atoms with van der Waals surface area (Å²) >= 11 is 3.41. The van der Waals surface area contributed by atoms with Crippen molar-refractivity contribution in [2.24, 2.45) is 0 Å². The molecule has 0 atom stereocenters. The van der Waals surface area contributed by atoms with Crippen molar-refractivity contribution in [3.8, 4) is 11.5 Å². The number of benzene rings is 2. The predicted molar refractivity (Wildman–Crippen MR) is 77.0 cm³/mol. The Morgan fingerprint density at radius 2 is 1.44 bits per heavy atom. The highest BCUT2D eigenvalue weighted by atomic mass is 79.9. The molecule has 0 heterocycles. The molecule has 2 aromatic carbocycles. The maximum atomic E-state index is 5.26. The monoisotopic (exact) mass is 307 g/mol. The van der Waals surface area contributed by atoms with E-state index >= 15 is 0 Å². The summed E-state index contributed by atoms with van der Waals surface area (Å²) in [6.07, 6.45) is 0. The molecule has 0 saturated carbocycles. The highest BCUT2D eigenvalue weighted by molar-refractivity contribution is 9.10. The van der Waals surface area contributed by atoms with Crippen molar-refractivity contribution in [1.82, 2.24) is 0 Å². The summed E-state index contributed by atoms with van der Waals surface area (Å²) in [5.74, 6) is 1.43. The van der Waals surface area contributed by atoms with Crippen LogP contribution in [0.5, 0.6) is 11.5 Å². The Hall–Kier alpha value is -1.68. The second kappa shape index (κ2) is 5.78. The summed E-state index contributed by atoms with van der Waals surface area (Å²) in [4.78, 5) is 0. The van der Waals surface area contributed by atoms with Crippen LogP contribution in [0, 0.1) is 0 Å². The molecule has 4 heteroatoms. The van der Waals surface area contributed by atoms with E-state index in [4.69, 9.17) is 9.47 Å². The predicted octanol–water partition coefficient (Wildman–Crippen LogP) is 4.21. The Morgan fingerprint density at radius 1 is 0.833 bits per heavy atom. The van der Waals surface area contributed by atoms with Crippen LogP contribution in [0.2, 0.25) is 0 Å². The molecule has 2 rings (SSSR count). The number of nitrogens with one attached hydrogen (secondary N) is 1. The van der Waals surface area contributed by atoms with E-state index in [1.807, 2.05) is 42.5 Å². The second-order valence-corrected chi connectivity index (χ2v) is 4.62. The highest BCUT2D eigenvalue weighted by Crippen LogP contribution is 2.31. The zero-order valence-electron chi connectivity index (χ0n) is 10.2. The van der Waals surface area contributed by atoms with Crippen LogP contribution >= 0.6 is 15.9 Å². The molecule has 0 radical (unpaired) electrons. The van der Waals surface area contributed by atoms with Gasteiger partial charge in [0.05, 0.1) is 14.2 Å². The number of halogens is 1. The first-order valence-electron chi connectivity index (χ1n) is 5.47. The molecule has 18 heavy (non-hydrogen) atoms. The van der Waals surface area contributed by atoms with E-state index in [1.165, 1.54) is 0 Å². The van der Waals surface area contributed by atoms with E-state index in [9.17, 15) is 0 Å². The lowest BCUT2D eigenvalue weighted by atomic mass is 10.2. The van der Waals surface area contributed by atoms with Gasteiger partial charge in [-0.05, 0) is 36.4 Å². The zero-order valence-corrected chi connectivity index (χ0v) is 11.8. The van der Waals surface area contributed by atoms with Crippen LogP contribution in [-0.2, 0) is 0 Å². The summed E-state index contributed by atoms with van der Waals surface area (Å²) in [6.45, 7) is 0. The Labute approximate surface area is 115 Å². The third-order valence-electron chi connectivity index (χ3n) is 2.52. The minimum atomic E-state index is 0.708. The molecular weight excluding hydrogens is 294 g/mol. The Kier molecular flexibility index (Phi) is 4.10. The highest BCUT2D eigenvalue weighted by Gasteiger charge is 2.04. The lowest BCUT2D eigenvalue weighted by Crippen LogP contribution is -1.94. The quantitative estimate of drug-likeness (QED) is 0.918. The smallest absolute Gasteiger partial charge is 0.162 e. The Balaban J connectivity index is 2.21. The molecule has 0 aliphatic carbocycles. The van der Waals surface area contributed by atoms with Crippen molar-refractivity contribution in [3.05, 3.63) is 46.9 Å². The van der Waals surface area contributed by atoms with Crippen molar-refractivity contribution in [3.63, 3.8) is 0 Å². The third kappa shape index (κ3) is 2.96. The fourth-order valence-electron chi connectivity index (χ4n) is 1.61. The van der Waals surface area contributed by atoms with Gasteiger partial charge in [0.25, 0.3) is 0 Å². The van der Waals surface area contributed by atoms with Gasteiger partial charge in [0.1, 0.15) is 0 Å². The van der Waals surface area contributed by atoms with Gasteiger partial charge >= 0.3 is 0 Å². The number of rotatable bonds is 4. The molecular formula is C14H14BrNO2. The van der Waals surface area contributed by atoms with E-state index in [-0.39, 0.29) is 0 Å². The van der Waals surface area contributed by atoms with Gasteiger partial charge in [-0.2, -0.15) is 0 Å². The molecule has 0 amide bonds. The molecule has 0 spiro atoms. The third-order valence-corrected chi connectivity index (χ3v) is 3.05. The van der Waals surface area contributed by atoms with Crippen LogP contribution in [0.25, 0.3) is 0 Å². The van der Waals surface area contributed by atoms with E-state index in [1.54, 1.807) is 14.2 Å². The second-order valence-electron chi connectivity index (χ2n) is 3.70. The van der Waals surface area contributed by atoms with Gasteiger partial charge in [-0.15, -0.1) is 0 Å². The van der Waals surface area contributed by atoms with Crippen molar-refractivity contribution < 1.29 is 9.47 Å². The molecule has 2 aromatic rings. The maximum Gasteiger partial charge on any atom is 0.162 e. The average Bonchev–Trinajstić information content (AvgIpc) is 2.41. The fraction of sp³-hybridized carbons (Fsp3) is 0.143. The van der Waals surface area contributed by atoms with Gasteiger partial charge in [0.15, 0.2) is 11.5 Å². The number of anilines is 2. The van der Waals surface area contributed by atoms with Gasteiger partial charge in [-0.1, -0.05) is 15.9 Å². The first kappa shape index (κ1) is 12.8. The van der Waals surface area contributed by atoms with Crippen LogP contribution < -0.4 is 14.8 Å². The van der Waals surface area contributed by atoms with E-state index in [2.05, 4.69) is 21.2 Å². The maximum absolute atomic E-state index is 5.26. The zero-order chi connectivity index (χ0) is 13.0. The van der Waals surface area contributed by atoms with E-state index in [0.717, 1.165) is 21.6 Å². The molecule has 0 bridgehead atoms. The first-order valence-corrected chi connectivity index (χ1v) is 6.27. The van der Waals surface area contributed by atoms with Gasteiger partial charge in [0.2, 0.25) is 0 Å². The van der Waals surface area contributed by atoms with Crippen LogP contribution in [-0.4, -0.2) is 14.2 Å². The Bertz CT molecular complexity index is 526. The molecule has 0 aliphatic rings. The summed E-state index contributed by atoms with van der Waals surface area (Å²) in [5, 5.41) is 3.30. The minimum Gasteiger partial charge on any atom is -0.493 e. The summed E-state index contributed by atoms with van der Waals surface area (Å²) in [7, 11) is 3.25. The van der Waals surface area contributed by atoms with Gasteiger partial charge < -0.3 is 14.8 Å². The van der Waals surface area contributed by atoms with Crippen molar-refractivity contribution in [2.75, 3.05) is 19.5 Å². The molecule has 3 nitrogen and oxygen atoms in total. The number of ether oxygens (including phenoxy) is 2. The van der Waals surface area contributed by atoms with Gasteiger partial charge in [0, 0.05) is 21.9 Å². The molecule has 94 valence electrons. The number of hydrogen-bond acceptors (Lipinski definition) is 3. The normalized spacial score (nSPS) is 9.94. The van der Waals surface area contributed by atoms with Crippen LogP contribution in [0.1, 0.15) is 0 Å². The largest absolute Gasteiger partial charge is 0.493 e. The SMILES string of the molecule is COc1ccc(Nc2ccc(Br)cc2)cc1OC. The van der Waals surface area contributed by atoms with Gasteiger partial charge in [-0.3, -0.25) is 0 Å². The topological polar surface area (TPSA) is 30.5 Å². The minimum absolute atomic E-state index is 0.708. The van der Waals surface area contributed by atoms with E-state index in [0.29, 0.717) is 5.75 Å². The van der Waals surface area contributed by atoms with Crippen LogP contribution in [0.15, 0.2) is 46.9 Å². The molecule has 0 aromatic heterocycles. The lowest BCUT2D eigenvalue weighted by Gasteiger charge is -2.11. The van der Waals surface area contributed by atoms with Gasteiger partial charge in [-0.25, -0.2) is 0 Å². The molecule has 0 fully saturated rings. The molecule has 1 N–H and O–H groups in total.